The van der Waals surface area contributed by atoms with Crippen molar-refractivity contribution in [1.82, 2.24) is 20.5 Å². The fraction of sp³-hybridized carbons (Fsp3) is 0.577. The summed E-state index contributed by atoms with van der Waals surface area (Å²) in [4.78, 5) is 8.93. The van der Waals surface area contributed by atoms with Gasteiger partial charge in [0.2, 0.25) is 6.35 Å². The number of aryl methyl sites for hydroxylation is 1. The number of benzene rings is 1. The number of aromatic amines is 1. The number of nitrogens with zero attached hydrogens (tertiary/aromatic N) is 2. The van der Waals surface area contributed by atoms with Crippen molar-refractivity contribution in [2.45, 2.75) is 83.1 Å². The fourth-order valence-electron chi connectivity index (χ4n) is 4.75. The molecule has 12 heteroatoms. The maximum Gasteiger partial charge on any atom is 0.407 e. The third kappa shape index (κ3) is 6.02. The smallest absolute Gasteiger partial charge is 0.355 e. The maximum atomic E-state index is 15.8. The normalized spacial score (nSPS) is 19.9. The molecule has 4 rings (SSSR count). The summed E-state index contributed by atoms with van der Waals surface area (Å²) in [5, 5.41) is 16.1. The number of hydrogen-bond acceptors (Lipinski definition) is 6. The second kappa shape index (κ2) is 10.8. The van der Waals surface area contributed by atoms with Gasteiger partial charge in [-0.2, -0.15) is 13.2 Å². The lowest BCUT2D eigenvalue weighted by molar-refractivity contribution is -0.160. The third-order valence-corrected chi connectivity index (χ3v) is 7.27. The molecule has 1 saturated heterocycles. The number of halogens is 5. The molecule has 0 radical (unpaired) electrons. The predicted octanol–water partition coefficient (Wildman–Crippen LogP) is 3.06. The number of nitrogens with two attached hydrogens (primary N) is 1. The molecule has 0 amide bonds. The molecule has 7 nitrogen and oxygen atoms in total. The lowest BCUT2D eigenvalue weighted by Gasteiger charge is -2.37. The van der Waals surface area contributed by atoms with E-state index >= 15 is 4.39 Å². The number of hydrogen-bond donors (Lipinski definition) is 5. The van der Waals surface area contributed by atoms with Crippen molar-refractivity contribution in [3.05, 3.63) is 44.8 Å². The van der Waals surface area contributed by atoms with Crippen LogP contribution in [0.3, 0.4) is 0 Å². The van der Waals surface area contributed by atoms with Crippen LogP contribution in [0.1, 0.15) is 57.7 Å². The summed E-state index contributed by atoms with van der Waals surface area (Å²) < 4.78 is 58.6. The average Bonchev–Trinajstić information content (AvgIpc) is 3.16. The number of rotatable bonds is 8. The lowest BCUT2D eigenvalue weighted by Crippen LogP contribution is -2.58. The molecule has 38 heavy (non-hydrogen) atoms. The Morgan fingerprint density at radius 3 is 2.50 bits per heavy atom. The highest BCUT2D eigenvalue weighted by Crippen LogP contribution is 2.42. The zero-order chi connectivity index (χ0) is 28.0. The van der Waals surface area contributed by atoms with Crippen LogP contribution in [0.4, 0.5) is 17.6 Å². The predicted molar refractivity (Wildman–Crippen MR) is 139 cm³/mol. The second-order valence-corrected chi connectivity index (χ2v) is 11.5. The van der Waals surface area contributed by atoms with Crippen LogP contribution in [-0.4, -0.2) is 58.2 Å². The monoisotopic (exact) mass is 558 g/mol. The van der Waals surface area contributed by atoms with Crippen LogP contribution < -0.4 is 27.1 Å². The molecule has 0 saturated carbocycles. The van der Waals surface area contributed by atoms with Gasteiger partial charge in [0.1, 0.15) is 11.5 Å². The third-order valence-electron chi connectivity index (χ3n) is 6.90. The highest BCUT2D eigenvalue weighted by molar-refractivity contribution is 6.32. The van der Waals surface area contributed by atoms with E-state index in [0.717, 1.165) is 0 Å². The van der Waals surface area contributed by atoms with Crippen LogP contribution in [0.25, 0.3) is 17.5 Å². The number of alkyl halides is 3. The number of aliphatic hydroxyl groups is 1. The van der Waals surface area contributed by atoms with Gasteiger partial charge in [0.05, 0.1) is 10.7 Å². The first kappa shape index (κ1) is 28.8. The van der Waals surface area contributed by atoms with Gasteiger partial charge in [-0.05, 0) is 64.7 Å². The average molecular weight is 559 g/mol. The van der Waals surface area contributed by atoms with E-state index < -0.39 is 41.0 Å². The van der Waals surface area contributed by atoms with Crippen LogP contribution in [0, 0.1) is 5.82 Å². The van der Waals surface area contributed by atoms with E-state index in [9.17, 15) is 18.3 Å². The molecule has 1 aromatic carbocycles. The molecule has 6 N–H and O–H groups in total. The Bertz CT molecular complexity index is 1280. The summed E-state index contributed by atoms with van der Waals surface area (Å²) in [6.45, 7) is 8.34. The Kier molecular flexibility index (Phi) is 8.17. The van der Waals surface area contributed by atoms with Crippen molar-refractivity contribution < 1.29 is 22.7 Å². The molecule has 2 unspecified atom stereocenters. The molecule has 3 heterocycles. The van der Waals surface area contributed by atoms with Crippen LogP contribution in [0.2, 0.25) is 5.02 Å². The minimum absolute atomic E-state index is 0.0376. The SMILES string of the molecule is C[C@H](N)CCCc1cc(-c2cc3c([nH]2)=NC(O)N(C(C)(C)C)C=3)c(F)c(Cl)c1C(NC1CNC1)C(F)(F)F. The largest absolute Gasteiger partial charge is 0.407 e. The molecular weight excluding hydrogens is 524 g/mol. The van der Waals surface area contributed by atoms with Crippen molar-refractivity contribution in [3.8, 4) is 11.3 Å². The number of aliphatic hydroxyl groups excluding tert-OH is 1. The summed E-state index contributed by atoms with van der Waals surface area (Å²) in [7, 11) is 0. The summed E-state index contributed by atoms with van der Waals surface area (Å²) in [6.07, 6.45) is -2.76. The standard InChI is InChI=1S/C26H35ClF4N6O/c1-13(32)6-5-7-14-8-17(18-9-15-12-37(25(2,3)4)24(38)36-23(15)35-18)21(28)20(27)19(14)22(26(29,30)31)34-16-10-33-11-16/h8-9,12-13,16,22,24,33-34,38H,5-7,10-11,32H2,1-4H3,(H,35,36)/t13-,22?,24?/m0/s1. The van der Waals surface area contributed by atoms with Crippen LogP contribution >= 0.6 is 11.6 Å². The van der Waals surface area contributed by atoms with E-state index in [2.05, 4.69) is 20.6 Å². The molecule has 0 aliphatic carbocycles. The molecule has 1 fully saturated rings. The lowest BCUT2D eigenvalue weighted by atomic mass is 9.91. The Hall–Kier alpha value is -2.18. The van der Waals surface area contributed by atoms with Gasteiger partial charge < -0.3 is 26.0 Å². The molecule has 0 bridgehead atoms. The number of nitrogens with one attached hydrogen (secondary N) is 3. The van der Waals surface area contributed by atoms with Crippen LogP contribution in [0.15, 0.2) is 17.1 Å². The number of H-pyrrole nitrogens is 1. The molecule has 3 atom stereocenters. The second-order valence-electron chi connectivity index (χ2n) is 11.2. The zero-order valence-electron chi connectivity index (χ0n) is 21.9. The Morgan fingerprint density at radius 2 is 1.95 bits per heavy atom. The summed E-state index contributed by atoms with van der Waals surface area (Å²) in [5.74, 6) is -0.952. The van der Waals surface area contributed by atoms with Crippen molar-refractivity contribution in [3.63, 3.8) is 0 Å². The molecule has 210 valence electrons. The van der Waals surface area contributed by atoms with Gasteiger partial charge in [-0.3, -0.25) is 5.32 Å². The van der Waals surface area contributed by atoms with E-state index in [0.29, 0.717) is 47.9 Å². The van der Waals surface area contributed by atoms with Gasteiger partial charge in [-0.1, -0.05) is 11.6 Å². The summed E-state index contributed by atoms with van der Waals surface area (Å²) in [5.41, 5.74) is 6.14. The van der Waals surface area contributed by atoms with Gasteiger partial charge in [-0.25, -0.2) is 9.38 Å². The topological polar surface area (TPSA) is 102 Å². The molecule has 1 aromatic heterocycles. The Balaban J connectivity index is 1.83. The molecule has 2 aliphatic heterocycles. The van der Waals surface area contributed by atoms with Crippen molar-refractivity contribution in [2.24, 2.45) is 10.7 Å². The Labute approximate surface area is 224 Å². The zero-order valence-corrected chi connectivity index (χ0v) is 22.6. The molecular formula is C26H35ClF4N6O. The van der Waals surface area contributed by atoms with Crippen LogP contribution in [0.5, 0.6) is 0 Å². The molecule has 2 aliphatic rings. The quantitative estimate of drug-likeness (QED) is 0.321. The maximum absolute atomic E-state index is 15.8. The van der Waals surface area contributed by atoms with E-state index in [1.165, 1.54) is 6.07 Å². The summed E-state index contributed by atoms with van der Waals surface area (Å²) >= 11 is 6.42. The fourth-order valence-corrected chi connectivity index (χ4v) is 5.08. The van der Waals surface area contributed by atoms with E-state index in [1.54, 1.807) is 17.2 Å². The van der Waals surface area contributed by atoms with Crippen molar-refractivity contribution in [1.29, 1.82) is 0 Å². The minimum atomic E-state index is -4.69. The highest BCUT2D eigenvalue weighted by Gasteiger charge is 2.45. The van der Waals surface area contributed by atoms with Gasteiger partial charge >= 0.3 is 6.18 Å². The Morgan fingerprint density at radius 1 is 1.26 bits per heavy atom. The first-order valence-corrected chi connectivity index (χ1v) is 13.1. The number of aromatic nitrogens is 1. The highest BCUT2D eigenvalue weighted by atomic mass is 35.5. The van der Waals surface area contributed by atoms with E-state index in [-0.39, 0.29) is 23.6 Å². The summed E-state index contributed by atoms with van der Waals surface area (Å²) in [6, 6.07) is 0.444. The first-order valence-electron chi connectivity index (χ1n) is 12.7. The minimum Gasteiger partial charge on any atom is -0.355 e. The molecule has 0 spiro atoms. The van der Waals surface area contributed by atoms with Crippen molar-refractivity contribution in [2.75, 3.05) is 13.1 Å². The first-order chi connectivity index (χ1) is 17.7. The van der Waals surface area contributed by atoms with Gasteiger partial charge in [-0.15, -0.1) is 0 Å². The van der Waals surface area contributed by atoms with E-state index in [4.69, 9.17) is 17.3 Å². The number of fused-ring (bicyclic) bond motifs is 1. The van der Waals surface area contributed by atoms with Gasteiger partial charge in [0.25, 0.3) is 0 Å². The molecule has 2 aromatic rings. The van der Waals surface area contributed by atoms with Crippen LogP contribution in [-0.2, 0) is 6.42 Å². The van der Waals surface area contributed by atoms with E-state index in [1.807, 2.05) is 27.7 Å². The van der Waals surface area contributed by atoms with Gasteiger partial charge in [0.15, 0.2) is 5.82 Å². The van der Waals surface area contributed by atoms with Gasteiger partial charge in [0, 0.05) is 53.3 Å². The van der Waals surface area contributed by atoms with Crippen molar-refractivity contribution >= 4 is 17.8 Å².